The van der Waals surface area contributed by atoms with Crippen LogP contribution in [0.3, 0.4) is 0 Å². The molecule has 692 valence electrons. The number of aliphatic hydroxyl groups is 2. The van der Waals surface area contributed by atoms with Gasteiger partial charge in [-0.05, 0) is 189 Å². The number of hydrogen-bond donors (Lipinski definition) is 7. The van der Waals surface area contributed by atoms with Crippen LogP contribution in [0.4, 0.5) is 0 Å². The minimum atomic E-state index is -0.945. The Balaban J connectivity index is 0.000000311. The number of pyridine rings is 6. The number of amides is 2. The molecule has 4 saturated heterocycles. The van der Waals surface area contributed by atoms with Crippen LogP contribution in [0.5, 0.6) is 23.0 Å². The lowest BCUT2D eigenvalue weighted by molar-refractivity contribution is 0.00578. The van der Waals surface area contributed by atoms with Crippen LogP contribution < -0.4 is 10.1 Å². The number of aliphatic hydroxyl groups excluding tert-OH is 2. The first kappa shape index (κ1) is 109. The number of nitrogens with zero attached hydrogens (tertiary/aromatic N) is 8. The summed E-state index contributed by atoms with van der Waals surface area (Å²) < 4.78 is 50.6. The maximum Gasteiger partial charge on any atom is 0.486 e. The van der Waals surface area contributed by atoms with Gasteiger partial charge in [0.15, 0.2) is 12.6 Å². The van der Waals surface area contributed by atoms with Crippen molar-refractivity contribution in [1.82, 2.24) is 45.0 Å². The Labute approximate surface area is 753 Å². The Morgan fingerprint density at radius 2 is 0.883 bits per heavy atom. The van der Waals surface area contributed by atoms with Gasteiger partial charge in [0, 0.05) is 110 Å². The summed E-state index contributed by atoms with van der Waals surface area (Å²) in [5, 5.41) is 57.9. The van der Waals surface area contributed by atoms with Gasteiger partial charge in [-0.3, -0.25) is 44.1 Å². The standard InChI is InChI=1S/C22H26N2O5.C15H22N2O3.C10H13NO3.C9H11NO3.C9H9NO2.C8H15BO2.C7H6ClNO2.C7H6O3.C6H13NO/c1-28-13-10-19-17(7-5-11-23-19)22(27)24-12-3-2-6-16(24)15-29-21-9-4-8-20(26)18(21)14-25;1-20-10-7-14-13(6-4-8-16-14)15(19)17-9-3-2-5-12(17)11-18;1-13-7-5-9-8(10(12)14-2)4-3-6-11-9;1-13-6-4-8-7(9(11)12)3-2-5-10-8;1-3-8-7(9(11)12-2)5-4-6-10-8;1-6-9-10-7(2,3)8(4,5)11-9;1-11-7(10)5-3-2-4-9-6(5)8;8-4-5-6(9)2-1-3-7(5)10;8-5-6-3-1-2-4-7-6/h4-5,7-9,11,14,16,26H,2-3,6,10,12-13,15H2,1H3;4,6,8,12,18H,2-3,5,7,9-11H2,1H3;3-4,6H,5,7H2,1-2H3;2-3,5H,4,6H2,1H3,(H,11,12);3-6H,1H2,2H3;6H,1H2,2-5H3;2-4H,1H3;1-4,9-10H;6-8H,1-5H2/t16-;12-;;;;;;;6-/m00......0/s1. The summed E-state index contributed by atoms with van der Waals surface area (Å²) in [7, 11) is 10.2. The normalized spacial score (nSPS) is 15.4. The average molecular weight is 1800 g/mol. The van der Waals surface area contributed by atoms with E-state index in [2.05, 4.69) is 62.6 Å². The van der Waals surface area contributed by atoms with E-state index in [1.54, 1.807) is 149 Å². The average Bonchev–Trinajstić information content (AvgIpc) is 1.64. The molecule has 128 heavy (non-hydrogen) atoms. The Kier molecular flexibility index (Phi) is 50.9. The SMILES string of the molecule is C=CB1OC(C)(C)C(C)(C)O1.C=Cc1ncccc1C(=O)OC.COC(=O)c1cccnc1Cl.COCCc1ncccc1C(=O)N1CCCC[C@H]1CO.COCCc1ncccc1C(=O)N1CCCC[C@H]1COc1cccc(O)c1C=O.COCCc1ncccc1C(=O)O.COCCc1ncccc1C(=O)OC.O=Cc1c(O)cccc1O.OC[C@@H]1CCCCN1. The number of piperidine rings is 3. The van der Waals surface area contributed by atoms with Gasteiger partial charge in [0.2, 0.25) is 0 Å². The Morgan fingerprint density at radius 3 is 1.28 bits per heavy atom. The quantitative estimate of drug-likeness (QED) is 0.00826. The second-order valence-corrected chi connectivity index (χ2v) is 29.7. The molecular weight excluding hydrogens is 1670 g/mol. The first-order chi connectivity index (χ1) is 61.6. The molecule has 4 fully saturated rings. The third kappa shape index (κ3) is 35.8. The maximum absolute atomic E-state index is 13.3. The lowest BCUT2D eigenvalue weighted by Crippen LogP contribution is -2.47. The maximum atomic E-state index is 13.3. The van der Waals surface area contributed by atoms with Gasteiger partial charge in [-0.25, -0.2) is 24.2 Å². The van der Waals surface area contributed by atoms with Crippen LogP contribution in [-0.4, -0.2) is 271 Å². The van der Waals surface area contributed by atoms with E-state index in [4.69, 9.17) is 65.0 Å². The summed E-state index contributed by atoms with van der Waals surface area (Å²) in [5.41, 5.74) is 5.60. The fraction of sp³-hybridized carbons (Fsp3) is 0.419. The molecule has 0 aliphatic carbocycles. The molecular formula is C93H121BClN9O24. The number of ether oxygens (including phenoxy) is 8. The molecule has 8 aromatic rings. The van der Waals surface area contributed by atoms with Crippen molar-refractivity contribution in [1.29, 1.82) is 0 Å². The molecule has 4 aliphatic heterocycles. The van der Waals surface area contributed by atoms with E-state index in [1.807, 2.05) is 38.7 Å². The number of carbonyl (C=O) groups excluding carboxylic acids is 7. The number of rotatable bonds is 27. The lowest BCUT2D eigenvalue weighted by atomic mass is 9.90. The fourth-order valence-corrected chi connectivity index (χ4v) is 12.8. The van der Waals surface area contributed by atoms with Crippen molar-refractivity contribution >= 4 is 73.1 Å². The van der Waals surface area contributed by atoms with Gasteiger partial charge in [-0.1, -0.05) is 42.7 Å². The number of aromatic nitrogens is 6. The molecule has 2 aromatic carbocycles. The third-order valence-electron chi connectivity index (χ3n) is 20.3. The zero-order valence-corrected chi connectivity index (χ0v) is 75.4. The number of aldehydes is 2. The van der Waals surface area contributed by atoms with Crippen LogP contribution in [0, 0.1) is 0 Å². The van der Waals surface area contributed by atoms with E-state index in [0.29, 0.717) is 136 Å². The summed E-state index contributed by atoms with van der Waals surface area (Å²) in [5.74, 6) is -0.773. The van der Waals surface area contributed by atoms with E-state index < -0.39 is 17.9 Å². The van der Waals surface area contributed by atoms with Crippen LogP contribution in [0.25, 0.3) is 6.08 Å². The third-order valence-corrected chi connectivity index (χ3v) is 20.6. The van der Waals surface area contributed by atoms with E-state index in [-0.39, 0.29) is 106 Å². The summed E-state index contributed by atoms with van der Waals surface area (Å²) >= 11 is 5.59. The van der Waals surface area contributed by atoms with Crippen LogP contribution in [0.2, 0.25) is 5.15 Å². The molecule has 4 aliphatic rings. The highest BCUT2D eigenvalue weighted by atomic mass is 35.5. The molecule has 0 saturated carbocycles. The molecule has 0 unspecified atom stereocenters. The van der Waals surface area contributed by atoms with Crippen molar-refractivity contribution in [3.8, 4) is 23.0 Å². The number of benzene rings is 2. The number of phenols is 3. The summed E-state index contributed by atoms with van der Waals surface area (Å²) in [6.07, 6.45) is 23.9. The first-order valence-electron chi connectivity index (χ1n) is 41.4. The number of carboxylic acids is 1. The van der Waals surface area contributed by atoms with Crippen molar-refractivity contribution in [2.75, 3.05) is 116 Å². The van der Waals surface area contributed by atoms with Gasteiger partial charge in [0.1, 0.15) is 34.8 Å². The lowest BCUT2D eigenvalue weighted by Gasteiger charge is -2.36. The second kappa shape index (κ2) is 60.0. The predicted molar refractivity (Wildman–Crippen MR) is 481 cm³/mol. The second-order valence-electron chi connectivity index (χ2n) is 29.3. The van der Waals surface area contributed by atoms with Crippen LogP contribution in [0.1, 0.15) is 197 Å². The number of carboxylic acid groups (broad SMARTS) is 1. The van der Waals surface area contributed by atoms with Gasteiger partial charge < -0.3 is 93.0 Å². The highest BCUT2D eigenvalue weighted by Gasteiger charge is 2.50. The van der Waals surface area contributed by atoms with Crippen molar-refractivity contribution in [2.45, 2.75) is 140 Å². The molecule has 0 radical (unpaired) electrons. The zero-order chi connectivity index (χ0) is 94.4. The number of halogens is 1. The molecule has 35 heteroatoms. The number of phenolic OH excluding ortho intramolecular Hbond substituents is 3. The molecule has 7 N–H and O–H groups in total. The number of likely N-dealkylation sites (tertiary alicyclic amines) is 2. The highest BCUT2D eigenvalue weighted by molar-refractivity contribution is 6.51. The van der Waals surface area contributed by atoms with E-state index in [1.165, 1.54) is 70.7 Å². The number of aromatic hydroxyl groups is 3. The van der Waals surface area contributed by atoms with Gasteiger partial charge in [0.25, 0.3) is 11.8 Å². The van der Waals surface area contributed by atoms with E-state index >= 15 is 0 Å². The van der Waals surface area contributed by atoms with Crippen LogP contribution in [0.15, 0.2) is 166 Å². The Morgan fingerprint density at radius 1 is 0.492 bits per heavy atom. The van der Waals surface area contributed by atoms with Crippen molar-refractivity contribution in [2.24, 2.45) is 0 Å². The van der Waals surface area contributed by atoms with Crippen LogP contribution >= 0.6 is 11.6 Å². The summed E-state index contributed by atoms with van der Waals surface area (Å²) in [4.78, 5) is 119. The number of methoxy groups -OCH3 is 7. The minimum absolute atomic E-state index is 0.0250. The van der Waals surface area contributed by atoms with Gasteiger partial charge >= 0.3 is 31.0 Å². The number of hydrogen-bond acceptors (Lipinski definition) is 30. The Bertz CT molecular complexity index is 4720. The molecule has 10 heterocycles. The number of aromatic carboxylic acids is 1. The van der Waals surface area contributed by atoms with Gasteiger partial charge in [-0.2, -0.15) is 0 Å². The van der Waals surface area contributed by atoms with E-state index in [9.17, 15) is 48.6 Å². The number of nitrogens with one attached hydrogen (secondary N) is 1. The summed E-state index contributed by atoms with van der Waals surface area (Å²) in [6.45, 7) is 20.4. The predicted octanol–water partition coefficient (Wildman–Crippen LogP) is 12.0. The topological polar surface area (TPSA) is 446 Å². The molecule has 0 bridgehead atoms. The van der Waals surface area contributed by atoms with E-state index in [0.717, 1.165) is 62.9 Å². The van der Waals surface area contributed by atoms with Crippen molar-refractivity contribution in [3.63, 3.8) is 0 Å². The Hall–Kier alpha value is -11.8. The molecule has 2 amide bonds. The zero-order valence-electron chi connectivity index (χ0n) is 74.6. The number of carbonyl (C=O) groups is 8. The molecule has 33 nitrogen and oxygen atoms in total. The van der Waals surface area contributed by atoms with Gasteiger partial charge in [-0.15, -0.1) is 6.58 Å². The molecule has 3 atom stereocenters. The summed E-state index contributed by atoms with van der Waals surface area (Å²) in [6, 6.07) is 29.3. The molecule has 0 spiro atoms. The number of esters is 3. The first-order valence-corrected chi connectivity index (χ1v) is 41.8. The largest absolute Gasteiger partial charge is 0.507 e. The van der Waals surface area contributed by atoms with Crippen LogP contribution in [-0.2, 0) is 68.2 Å². The minimum Gasteiger partial charge on any atom is -0.507 e. The molecule has 12 rings (SSSR count). The molecule has 6 aromatic heterocycles. The van der Waals surface area contributed by atoms with Gasteiger partial charge in [0.05, 0.1) is 157 Å². The van der Waals surface area contributed by atoms with Crippen molar-refractivity contribution < 1.29 is 116 Å². The smallest absolute Gasteiger partial charge is 0.486 e. The fourth-order valence-electron chi connectivity index (χ4n) is 12.6. The highest BCUT2D eigenvalue weighted by Crippen LogP contribution is 2.37. The monoisotopic (exact) mass is 1790 g/mol. The van der Waals surface area contributed by atoms with Crippen molar-refractivity contribution in [3.05, 3.63) is 244 Å².